The molecular formula is C14H24N2O2. The second-order valence-electron chi connectivity index (χ2n) is 4.81. The highest BCUT2D eigenvalue weighted by Gasteiger charge is 2.27. The largest absolute Gasteiger partial charge is 0.378 e. The van der Waals surface area contributed by atoms with Crippen LogP contribution in [0.5, 0.6) is 0 Å². The summed E-state index contributed by atoms with van der Waals surface area (Å²) in [4.78, 5) is 0. The lowest BCUT2D eigenvalue weighted by Crippen LogP contribution is -2.46. The number of benzene rings is 1. The van der Waals surface area contributed by atoms with Crippen LogP contribution in [0.3, 0.4) is 0 Å². The fourth-order valence-corrected chi connectivity index (χ4v) is 1.85. The highest BCUT2D eigenvalue weighted by atomic mass is 16.7. The molecule has 1 unspecified atom stereocenters. The van der Waals surface area contributed by atoms with Gasteiger partial charge < -0.3 is 20.5 Å². The zero-order chi connectivity index (χ0) is 13.6. The zero-order valence-electron chi connectivity index (χ0n) is 11.7. The van der Waals surface area contributed by atoms with E-state index in [2.05, 4.69) is 31.3 Å². The first kappa shape index (κ1) is 15.0. The van der Waals surface area contributed by atoms with Crippen LogP contribution in [-0.2, 0) is 9.47 Å². The van der Waals surface area contributed by atoms with Gasteiger partial charge in [0.15, 0.2) is 6.29 Å². The molecule has 0 spiro atoms. The van der Waals surface area contributed by atoms with E-state index in [1.807, 2.05) is 12.1 Å². The number of para-hydroxylation sites is 1. The Morgan fingerprint density at radius 1 is 1.28 bits per heavy atom. The minimum Gasteiger partial charge on any atom is -0.378 e. The summed E-state index contributed by atoms with van der Waals surface area (Å²) < 4.78 is 10.5. The number of anilines is 1. The van der Waals surface area contributed by atoms with Gasteiger partial charge in [0.1, 0.15) is 0 Å². The molecule has 1 aromatic rings. The molecule has 0 aliphatic heterocycles. The molecule has 0 heterocycles. The molecular weight excluding hydrogens is 228 g/mol. The van der Waals surface area contributed by atoms with Crippen molar-refractivity contribution >= 4 is 5.69 Å². The fourth-order valence-electron chi connectivity index (χ4n) is 1.85. The first-order valence-corrected chi connectivity index (χ1v) is 6.14. The lowest BCUT2D eigenvalue weighted by Gasteiger charge is -2.33. The van der Waals surface area contributed by atoms with Crippen molar-refractivity contribution in [1.82, 2.24) is 0 Å². The third-order valence-corrected chi connectivity index (χ3v) is 3.18. The number of rotatable bonds is 7. The molecule has 1 atom stereocenters. The quantitative estimate of drug-likeness (QED) is 0.730. The van der Waals surface area contributed by atoms with E-state index in [0.29, 0.717) is 13.0 Å². The van der Waals surface area contributed by atoms with Crippen LogP contribution in [0, 0.1) is 6.92 Å². The molecule has 0 radical (unpaired) electrons. The number of ether oxygens (including phenoxy) is 2. The number of aryl methyl sites for hydroxylation is 1. The summed E-state index contributed by atoms with van der Waals surface area (Å²) in [6.45, 7) is 4.65. The standard InChI is InChI=1S/C14H24N2O2/c1-11-7-5-6-8-12(11)16-14(2,10-15)9-13(17-3)18-4/h5-8,13,16H,9-10,15H2,1-4H3. The van der Waals surface area contributed by atoms with Crippen LogP contribution in [0.15, 0.2) is 24.3 Å². The van der Waals surface area contributed by atoms with Gasteiger partial charge >= 0.3 is 0 Å². The van der Waals surface area contributed by atoms with Crippen LogP contribution in [0.1, 0.15) is 18.9 Å². The molecule has 102 valence electrons. The molecule has 0 aliphatic carbocycles. The van der Waals surface area contributed by atoms with Crippen LogP contribution < -0.4 is 11.1 Å². The fraction of sp³-hybridized carbons (Fsp3) is 0.571. The molecule has 0 bridgehead atoms. The second kappa shape index (κ2) is 6.73. The molecule has 0 fully saturated rings. The van der Waals surface area contributed by atoms with Gasteiger partial charge in [0.25, 0.3) is 0 Å². The Hall–Kier alpha value is -1.10. The maximum absolute atomic E-state index is 5.89. The summed E-state index contributed by atoms with van der Waals surface area (Å²) >= 11 is 0. The highest BCUT2D eigenvalue weighted by Crippen LogP contribution is 2.23. The van der Waals surface area contributed by atoms with Crippen molar-refractivity contribution < 1.29 is 9.47 Å². The summed E-state index contributed by atoms with van der Waals surface area (Å²) in [5.74, 6) is 0. The van der Waals surface area contributed by atoms with Crippen LogP contribution in [0.2, 0.25) is 0 Å². The van der Waals surface area contributed by atoms with Gasteiger partial charge in [-0.3, -0.25) is 0 Å². The van der Waals surface area contributed by atoms with Crippen molar-refractivity contribution in [3.05, 3.63) is 29.8 Å². The molecule has 1 aromatic carbocycles. The Labute approximate surface area is 109 Å². The maximum Gasteiger partial charge on any atom is 0.159 e. The van der Waals surface area contributed by atoms with Crippen molar-refractivity contribution in [3.63, 3.8) is 0 Å². The average molecular weight is 252 g/mol. The second-order valence-corrected chi connectivity index (χ2v) is 4.81. The molecule has 0 amide bonds. The molecule has 0 saturated heterocycles. The van der Waals surface area contributed by atoms with E-state index in [1.54, 1.807) is 14.2 Å². The normalized spacial score (nSPS) is 14.6. The number of nitrogens with two attached hydrogens (primary N) is 1. The monoisotopic (exact) mass is 252 g/mol. The molecule has 0 aliphatic rings. The van der Waals surface area contributed by atoms with E-state index < -0.39 is 0 Å². The lowest BCUT2D eigenvalue weighted by molar-refractivity contribution is -0.113. The Balaban J connectivity index is 2.79. The maximum atomic E-state index is 5.89. The molecule has 4 nitrogen and oxygen atoms in total. The molecule has 18 heavy (non-hydrogen) atoms. The Kier molecular flexibility index (Phi) is 5.59. The van der Waals surface area contributed by atoms with Gasteiger partial charge in [-0.05, 0) is 25.5 Å². The number of hydrogen-bond acceptors (Lipinski definition) is 4. The smallest absolute Gasteiger partial charge is 0.159 e. The van der Waals surface area contributed by atoms with Gasteiger partial charge in [-0.25, -0.2) is 0 Å². The summed E-state index contributed by atoms with van der Waals surface area (Å²) in [6, 6.07) is 8.16. The molecule has 4 heteroatoms. The van der Waals surface area contributed by atoms with E-state index in [-0.39, 0.29) is 11.8 Å². The first-order valence-electron chi connectivity index (χ1n) is 6.14. The molecule has 3 N–H and O–H groups in total. The number of nitrogens with one attached hydrogen (secondary N) is 1. The van der Waals surface area contributed by atoms with E-state index in [1.165, 1.54) is 5.56 Å². The van der Waals surface area contributed by atoms with Crippen molar-refractivity contribution in [2.24, 2.45) is 5.73 Å². The van der Waals surface area contributed by atoms with Gasteiger partial charge in [0, 0.05) is 32.9 Å². The zero-order valence-corrected chi connectivity index (χ0v) is 11.7. The summed E-state index contributed by atoms with van der Waals surface area (Å²) in [6.07, 6.45) is 0.431. The van der Waals surface area contributed by atoms with E-state index in [0.717, 1.165) is 5.69 Å². The van der Waals surface area contributed by atoms with Gasteiger partial charge in [-0.2, -0.15) is 0 Å². The van der Waals surface area contributed by atoms with Gasteiger partial charge in [-0.1, -0.05) is 18.2 Å². The van der Waals surface area contributed by atoms with Crippen molar-refractivity contribution in [3.8, 4) is 0 Å². The lowest BCUT2D eigenvalue weighted by atomic mass is 9.96. The van der Waals surface area contributed by atoms with Gasteiger partial charge in [0.2, 0.25) is 0 Å². The van der Waals surface area contributed by atoms with E-state index in [9.17, 15) is 0 Å². The Bertz CT molecular complexity index is 367. The highest BCUT2D eigenvalue weighted by molar-refractivity contribution is 5.52. The topological polar surface area (TPSA) is 56.5 Å². The van der Waals surface area contributed by atoms with Crippen molar-refractivity contribution in [2.75, 3.05) is 26.1 Å². The third kappa shape index (κ3) is 3.98. The number of methoxy groups -OCH3 is 2. The van der Waals surface area contributed by atoms with Crippen LogP contribution in [0.4, 0.5) is 5.69 Å². The predicted molar refractivity (Wildman–Crippen MR) is 74.7 cm³/mol. The van der Waals surface area contributed by atoms with Gasteiger partial charge in [0.05, 0.1) is 5.54 Å². The molecule has 0 aromatic heterocycles. The summed E-state index contributed by atoms with van der Waals surface area (Å²) in [5.41, 5.74) is 7.92. The minimum absolute atomic E-state index is 0.255. The van der Waals surface area contributed by atoms with Crippen LogP contribution >= 0.6 is 0 Å². The molecule has 0 saturated carbocycles. The van der Waals surface area contributed by atoms with Crippen molar-refractivity contribution in [2.45, 2.75) is 32.1 Å². The average Bonchev–Trinajstić information content (AvgIpc) is 2.39. The predicted octanol–water partition coefficient (Wildman–Crippen LogP) is 2.13. The Morgan fingerprint density at radius 3 is 2.39 bits per heavy atom. The SMILES string of the molecule is COC(CC(C)(CN)Nc1ccccc1C)OC. The third-order valence-electron chi connectivity index (χ3n) is 3.18. The first-order chi connectivity index (χ1) is 8.54. The number of hydrogen-bond donors (Lipinski definition) is 2. The van der Waals surface area contributed by atoms with Crippen molar-refractivity contribution in [1.29, 1.82) is 0 Å². The minimum atomic E-state index is -0.261. The van der Waals surface area contributed by atoms with Crippen LogP contribution in [0.25, 0.3) is 0 Å². The summed E-state index contributed by atoms with van der Waals surface area (Å²) in [7, 11) is 3.28. The Morgan fingerprint density at radius 2 is 1.89 bits per heavy atom. The van der Waals surface area contributed by atoms with E-state index in [4.69, 9.17) is 15.2 Å². The summed E-state index contributed by atoms with van der Waals surface area (Å²) in [5, 5.41) is 3.49. The van der Waals surface area contributed by atoms with Crippen LogP contribution in [-0.4, -0.2) is 32.6 Å². The van der Waals surface area contributed by atoms with E-state index >= 15 is 0 Å². The van der Waals surface area contributed by atoms with Gasteiger partial charge in [-0.15, -0.1) is 0 Å². The molecule has 1 rings (SSSR count).